The van der Waals surface area contributed by atoms with Crippen LogP contribution in [0.3, 0.4) is 0 Å². The Morgan fingerprint density at radius 3 is 2.58 bits per heavy atom. The maximum atomic E-state index is 12.0. The summed E-state index contributed by atoms with van der Waals surface area (Å²) < 4.78 is 25.3. The predicted molar refractivity (Wildman–Crippen MR) is 105 cm³/mol. The molecule has 0 aliphatic carbocycles. The molecule has 1 heterocycles. The van der Waals surface area contributed by atoms with Crippen LogP contribution >= 0.6 is 11.3 Å². The fraction of sp³-hybridized carbons (Fsp3) is 0.222. The standard InChI is InChI=1S/C18H19N3O3S2/c1-26(23,24)20-10-9-19-17(22)12-18-21-15-8-7-14(11-16(15)25-18)13-5-3-2-4-6-13/h2-8,11,20H,9-10,12H2,1H3,(H,19,22). The van der Waals surface area contributed by atoms with Crippen molar-refractivity contribution in [2.24, 2.45) is 0 Å². The van der Waals surface area contributed by atoms with Crippen LogP contribution in [0.25, 0.3) is 21.3 Å². The molecular weight excluding hydrogens is 370 g/mol. The lowest BCUT2D eigenvalue weighted by Gasteiger charge is -2.04. The van der Waals surface area contributed by atoms with Crippen molar-refractivity contribution in [2.75, 3.05) is 19.3 Å². The van der Waals surface area contributed by atoms with Gasteiger partial charge in [0.05, 0.1) is 22.9 Å². The van der Waals surface area contributed by atoms with E-state index in [0.29, 0.717) is 0 Å². The van der Waals surface area contributed by atoms with Gasteiger partial charge in [0.25, 0.3) is 0 Å². The average Bonchev–Trinajstić information content (AvgIpc) is 3.00. The summed E-state index contributed by atoms with van der Waals surface area (Å²) in [5, 5.41) is 3.42. The quantitative estimate of drug-likeness (QED) is 0.606. The van der Waals surface area contributed by atoms with E-state index in [1.807, 2.05) is 30.3 Å². The van der Waals surface area contributed by atoms with Crippen LogP contribution in [0.4, 0.5) is 0 Å². The van der Waals surface area contributed by atoms with Crippen molar-refractivity contribution in [3.05, 3.63) is 53.5 Å². The topological polar surface area (TPSA) is 88.2 Å². The number of carbonyl (C=O) groups excluding carboxylic acids is 1. The molecule has 26 heavy (non-hydrogen) atoms. The largest absolute Gasteiger partial charge is 0.354 e. The van der Waals surface area contributed by atoms with Crippen molar-refractivity contribution >= 4 is 37.5 Å². The Hall–Kier alpha value is -2.29. The zero-order chi connectivity index (χ0) is 18.6. The number of amides is 1. The van der Waals surface area contributed by atoms with Gasteiger partial charge >= 0.3 is 0 Å². The van der Waals surface area contributed by atoms with Gasteiger partial charge in [-0.1, -0.05) is 36.4 Å². The number of sulfonamides is 1. The Morgan fingerprint density at radius 2 is 1.85 bits per heavy atom. The third kappa shape index (κ3) is 5.10. The van der Waals surface area contributed by atoms with Crippen LogP contribution in [0.15, 0.2) is 48.5 Å². The number of nitrogens with zero attached hydrogens (tertiary/aromatic N) is 1. The second-order valence-electron chi connectivity index (χ2n) is 5.85. The normalized spacial score (nSPS) is 11.6. The first kappa shape index (κ1) is 18.5. The monoisotopic (exact) mass is 389 g/mol. The summed E-state index contributed by atoms with van der Waals surface area (Å²) in [7, 11) is -3.24. The van der Waals surface area contributed by atoms with Crippen molar-refractivity contribution in [1.82, 2.24) is 15.0 Å². The summed E-state index contributed by atoms with van der Waals surface area (Å²) in [6.07, 6.45) is 1.26. The summed E-state index contributed by atoms with van der Waals surface area (Å²) in [5.41, 5.74) is 3.13. The van der Waals surface area contributed by atoms with E-state index in [-0.39, 0.29) is 25.4 Å². The molecule has 0 aliphatic heterocycles. The van der Waals surface area contributed by atoms with Gasteiger partial charge in [-0.3, -0.25) is 4.79 Å². The van der Waals surface area contributed by atoms with Crippen LogP contribution < -0.4 is 10.0 Å². The minimum Gasteiger partial charge on any atom is -0.354 e. The van der Waals surface area contributed by atoms with Crippen LogP contribution in [0.5, 0.6) is 0 Å². The molecule has 0 unspecified atom stereocenters. The number of hydrogen-bond donors (Lipinski definition) is 2. The van der Waals surface area contributed by atoms with Crippen molar-refractivity contribution in [3.8, 4) is 11.1 Å². The first-order valence-corrected chi connectivity index (χ1v) is 10.8. The summed E-state index contributed by atoms with van der Waals surface area (Å²) in [4.78, 5) is 16.5. The molecule has 2 N–H and O–H groups in total. The highest BCUT2D eigenvalue weighted by molar-refractivity contribution is 7.88. The molecule has 8 heteroatoms. The van der Waals surface area contributed by atoms with Gasteiger partial charge in [0.2, 0.25) is 15.9 Å². The average molecular weight is 390 g/mol. The smallest absolute Gasteiger partial charge is 0.226 e. The summed E-state index contributed by atoms with van der Waals surface area (Å²) >= 11 is 1.49. The third-order valence-electron chi connectivity index (χ3n) is 3.66. The molecule has 136 valence electrons. The molecule has 0 fully saturated rings. The molecule has 2 aromatic carbocycles. The summed E-state index contributed by atoms with van der Waals surface area (Å²) in [6, 6.07) is 16.2. The number of fused-ring (bicyclic) bond motifs is 1. The Bertz CT molecular complexity index is 1010. The number of hydrogen-bond acceptors (Lipinski definition) is 5. The molecule has 3 aromatic rings. The van der Waals surface area contributed by atoms with Gasteiger partial charge < -0.3 is 5.32 Å². The van der Waals surface area contributed by atoms with Crippen LogP contribution in [0, 0.1) is 0 Å². The maximum absolute atomic E-state index is 12.0. The fourth-order valence-electron chi connectivity index (χ4n) is 2.50. The maximum Gasteiger partial charge on any atom is 0.226 e. The van der Waals surface area contributed by atoms with Gasteiger partial charge in [0, 0.05) is 13.1 Å². The SMILES string of the molecule is CS(=O)(=O)NCCNC(=O)Cc1nc2ccc(-c3ccccc3)cc2s1. The minimum atomic E-state index is -3.24. The third-order valence-corrected chi connectivity index (χ3v) is 5.41. The van der Waals surface area contributed by atoms with Crippen molar-refractivity contribution < 1.29 is 13.2 Å². The van der Waals surface area contributed by atoms with E-state index in [1.165, 1.54) is 11.3 Å². The molecule has 0 aliphatic rings. The Kier molecular flexibility index (Phi) is 5.65. The first-order valence-electron chi connectivity index (χ1n) is 8.07. The molecule has 1 aromatic heterocycles. The Morgan fingerprint density at radius 1 is 1.08 bits per heavy atom. The second-order valence-corrected chi connectivity index (χ2v) is 8.80. The van der Waals surface area contributed by atoms with E-state index < -0.39 is 10.0 Å². The zero-order valence-corrected chi connectivity index (χ0v) is 15.9. The molecule has 0 saturated carbocycles. The van der Waals surface area contributed by atoms with Gasteiger partial charge in [-0.15, -0.1) is 11.3 Å². The van der Waals surface area contributed by atoms with Crippen LogP contribution in [-0.2, 0) is 21.2 Å². The number of carbonyl (C=O) groups is 1. The number of thiazole rings is 1. The number of nitrogens with one attached hydrogen (secondary N) is 2. The lowest BCUT2D eigenvalue weighted by molar-refractivity contribution is -0.120. The Balaban J connectivity index is 1.63. The van der Waals surface area contributed by atoms with Gasteiger partial charge in [-0.2, -0.15) is 0 Å². The predicted octanol–water partition coefficient (Wildman–Crippen LogP) is 2.17. The van der Waals surface area contributed by atoms with Crippen LogP contribution in [-0.4, -0.2) is 38.7 Å². The Labute approximate surface area is 156 Å². The summed E-state index contributed by atoms with van der Waals surface area (Å²) in [6.45, 7) is 0.416. The molecule has 0 spiro atoms. The van der Waals surface area contributed by atoms with E-state index in [1.54, 1.807) is 0 Å². The number of rotatable bonds is 7. The van der Waals surface area contributed by atoms with Gasteiger partial charge in [-0.25, -0.2) is 18.1 Å². The van der Waals surface area contributed by atoms with Crippen molar-refractivity contribution in [1.29, 1.82) is 0 Å². The van der Waals surface area contributed by atoms with Gasteiger partial charge in [0.15, 0.2) is 0 Å². The molecule has 3 rings (SSSR count). The highest BCUT2D eigenvalue weighted by Crippen LogP contribution is 2.28. The van der Waals surface area contributed by atoms with E-state index >= 15 is 0 Å². The van der Waals surface area contributed by atoms with Gasteiger partial charge in [-0.05, 0) is 23.3 Å². The fourth-order valence-corrected chi connectivity index (χ4v) is 3.97. The lowest BCUT2D eigenvalue weighted by Crippen LogP contribution is -2.34. The van der Waals surface area contributed by atoms with E-state index in [0.717, 1.165) is 32.6 Å². The molecule has 1 amide bonds. The highest BCUT2D eigenvalue weighted by Gasteiger charge is 2.10. The number of benzene rings is 2. The molecular formula is C18H19N3O3S2. The molecule has 6 nitrogen and oxygen atoms in total. The van der Waals surface area contributed by atoms with E-state index in [2.05, 4.69) is 33.2 Å². The van der Waals surface area contributed by atoms with Crippen molar-refractivity contribution in [3.63, 3.8) is 0 Å². The number of aromatic nitrogens is 1. The van der Waals surface area contributed by atoms with E-state index in [9.17, 15) is 13.2 Å². The van der Waals surface area contributed by atoms with Crippen molar-refractivity contribution in [2.45, 2.75) is 6.42 Å². The molecule has 0 atom stereocenters. The second kappa shape index (κ2) is 7.94. The minimum absolute atomic E-state index is 0.171. The highest BCUT2D eigenvalue weighted by atomic mass is 32.2. The molecule has 0 bridgehead atoms. The zero-order valence-electron chi connectivity index (χ0n) is 14.2. The van der Waals surface area contributed by atoms with E-state index in [4.69, 9.17) is 0 Å². The lowest BCUT2D eigenvalue weighted by atomic mass is 10.1. The van der Waals surface area contributed by atoms with Crippen LogP contribution in [0.1, 0.15) is 5.01 Å². The van der Waals surface area contributed by atoms with Gasteiger partial charge in [0.1, 0.15) is 5.01 Å². The molecule has 0 saturated heterocycles. The van der Waals surface area contributed by atoms with Crippen LogP contribution in [0.2, 0.25) is 0 Å². The first-order chi connectivity index (χ1) is 12.4. The summed E-state index contributed by atoms with van der Waals surface area (Å²) in [5.74, 6) is -0.178. The molecule has 0 radical (unpaired) electrons.